The van der Waals surface area contributed by atoms with Crippen LogP contribution in [0.2, 0.25) is 0 Å². The third-order valence-electron chi connectivity index (χ3n) is 4.50. The molecule has 1 saturated heterocycles. The third kappa shape index (κ3) is 2.20. The van der Waals surface area contributed by atoms with Crippen molar-refractivity contribution in [2.45, 2.75) is 32.2 Å². The van der Waals surface area contributed by atoms with Crippen LogP contribution in [0.5, 0.6) is 0 Å². The van der Waals surface area contributed by atoms with Gasteiger partial charge in [0, 0.05) is 36.5 Å². The van der Waals surface area contributed by atoms with Crippen molar-refractivity contribution in [1.29, 1.82) is 0 Å². The molecule has 108 valence electrons. The van der Waals surface area contributed by atoms with Crippen molar-refractivity contribution in [1.82, 2.24) is 9.97 Å². The summed E-state index contributed by atoms with van der Waals surface area (Å²) in [5, 5.41) is 0. The Labute approximate surface area is 125 Å². The summed E-state index contributed by atoms with van der Waals surface area (Å²) in [6.07, 6.45) is 4.62. The average Bonchev–Trinajstić information content (AvgIpc) is 2.93. The molecule has 2 heterocycles. The van der Waals surface area contributed by atoms with Crippen LogP contribution in [-0.4, -0.2) is 23.1 Å². The summed E-state index contributed by atoms with van der Waals surface area (Å²) in [5.41, 5.74) is 11.8. The maximum absolute atomic E-state index is 5.78. The zero-order valence-electron chi connectivity index (χ0n) is 12.2. The minimum absolute atomic E-state index is 0.570. The largest absolute Gasteiger partial charge is 0.341 e. The van der Waals surface area contributed by atoms with E-state index in [9.17, 15) is 0 Å². The number of anilines is 1. The molecule has 4 nitrogen and oxygen atoms in total. The maximum atomic E-state index is 5.78. The number of rotatable bonds is 3. The van der Waals surface area contributed by atoms with E-state index in [1.54, 1.807) is 0 Å². The van der Waals surface area contributed by atoms with E-state index in [1.807, 2.05) is 0 Å². The number of hydrogen-bond acceptors (Lipinski definition) is 4. The van der Waals surface area contributed by atoms with Crippen molar-refractivity contribution < 1.29 is 0 Å². The van der Waals surface area contributed by atoms with Crippen molar-refractivity contribution in [3.63, 3.8) is 0 Å². The van der Waals surface area contributed by atoms with E-state index in [-0.39, 0.29) is 0 Å². The van der Waals surface area contributed by atoms with Gasteiger partial charge in [-0.2, -0.15) is 0 Å². The molecular formula is C17H20N4. The molecule has 2 N–H and O–H groups in total. The minimum atomic E-state index is 0.570. The van der Waals surface area contributed by atoms with Crippen LogP contribution >= 0.6 is 0 Å². The second kappa shape index (κ2) is 5.11. The predicted molar refractivity (Wildman–Crippen MR) is 84.2 cm³/mol. The van der Waals surface area contributed by atoms with Crippen molar-refractivity contribution >= 4 is 5.95 Å². The molecule has 2 aromatic rings. The predicted octanol–water partition coefficient (Wildman–Crippen LogP) is 2.30. The Morgan fingerprint density at radius 3 is 2.76 bits per heavy atom. The molecule has 0 spiro atoms. The van der Waals surface area contributed by atoms with E-state index in [4.69, 9.17) is 15.7 Å². The van der Waals surface area contributed by atoms with Gasteiger partial charge in [-0.1, -0.05) is 18.2 Å². The molecule has 0 atom stereocenters. The monoisotopic (exact) mass is 280 g/mol. The Balaban J connectivity index is 1.84. The highest BCUT2D eigenvalue weighted by Crippen LogP contribution is 2.33. The first-order valence-electron chi connectivity index (χ1n) is 7.79. The molecule has 21 heavy (non-hydrogen) atoms. The van der Waals surface area contributed by atoms with Gasteiger partial charge in [0.25, 0.3) is 0 Å². The van der Waals surface area contributed by atoms with Gasteiger partial charge in [0.1, 0.15) is 0 Å². The van der Waals surface area contributed by atoms with Crippen LogP contribution in [-0.2, 0) is 19.4 Å². The molecule has 1 aromatic heterocycles. The topological polar surface area (TPSA) is 55.0 Å². The van der Waals surface area contributed by atoms with Crippen LogP contribution in [0.15, 0.2) is 24.3 Å². The first kappa shape index (κ1) is 12.8. The zero-order chi connectivity index (χ0) is 14.2. The van der Waals surface area contributed by atoms with E-state index < -0.39 is 0 Å². The highest BCUT2D eigenvalue weighted by Gasteiger charge is 2.24. The molecule has 4 rings (SSSR count). The summed E-state index contributed by atoms with van der Waals surface area (Å²) < 4.78 is 0. The number of nitrogens with two attached hydrogens (primary N) is 1. The normalized spacial score (nSPS) is 16.7. The summed E-state index contributed by atoms with van der Waals surface area (Å²) in [6, 6.07) is 8.45. The van der Waals surface area contributed by atoms with E-state index in [1.165, 1.54) is 29.7 Å². The lowest BCUT2D eigenvalue weighted by atomic mass is 10.0. The number of aryl methyl sites for hydroxylation is 1. The van der Waals surface area contributed by atoms with Crippen LogP contribution in [0.25, 0.3) is 11.3 Å². The second-order valence-electron chi connectivity index (χ2n) is 5.90. The molecule has 1 aliphatic heterocycles. The van der Waals surface area contributed by atoms with Gasteiger partial charge in [-0.05, 0) is 37.3 Å². The third-order valence-corrected chi connectivity index (χ3v) is 4.50. The number of benzene rings is 1. The molecule has 4 heteroatoms. The summed E-state index contributed by atoms with van der Waals surface area (Å²) in [6.45, 7) is 2.74. The van der Waals surface area contributed by atoms with Gasteiger partial charge in [-0.3, -0.25) is 0 Å². The van der Waals surface area contributed by atoms with Gasteiger partial charge in [0.2, 0.25) is 5.95 Å². The van der Waals surface area contributed by atoms with Gasteiger partial charge in [0.15, 0.2) is 0 Å². The number of nitrogens with zero attached hydrogens (tertiary/aromatic N) is 3. The number of aromatic nitrogens is 2. The molecule has 0 bridgehead atoms. The lowest BCUT2D eigenvalue weighted by Crippen LogP contribution is -2.38. The average molecular weight is 280 g/mol. The Hall–Kier alpha value is -1.94. The Bertz CT molecular complexity index is 676. The second-order valence-corrected chi connectivity index (χ2v) is 5.90. The van der Waals surface area contributed by atoms with Gasteiger partial charge in [-0.25, -0.2) is 9.97 Å². The van der Waals surface area contributed by atoms with Gasteiger partial charge >= 0.3 is 0 Å². The van der Waals surface area contributed by atoms with E-state index in [0.717, 1.165) is 43.1 Å². The summed E-state index contributed by atoms with van der Waals surface area (Å²) >= 11 is 0. The summed E-state index contributed by atoms with van der Waals surface area (Å²) in [5.74, 6) is 0.912. The van der Waals surface area contributed by atoms with E-state index in [2.05, 4.69) is 29.2 Å². The van der Waals surface area contributed by atoms with Crippen molar-refractivity contribution in [2.24, 2.45) is 5.73 Å². The van der Waals surface area contributed by atoms with Crippen LogP contribution in [0, 0.1) is 0 Å². The maximum Gasteiger partial charge on any atom is 0.226 e. The molecule has 0 amide bonds. The molecule has 1 aromatic carbocycles. The van der Waals surface area contributed by atoms with Gasteiger partial charge in [0.05, 0.1) is 5.69 Å². The molecule has 0 unspecified atom stereocenters. The van der Waals surface area contributed by atoms with Crippen LogP contribution in [0.1, 0.15) is 29.7 Å². The Kier molecular flexibility index (Phi) is 3.11. The smallest absolute Gasteiger partial charge is 0.226 e. The fourth-order valence-corrected chi connectivity index (χ4v) is 3.16. The van der Waals surface area contributed by atoms with Crippen molar-refractivity contribution in [3.8, 4) is 11.3 Å². The highest BCUT2D eigenvalue weighted by atomic mass is 15.3. The quantitative estimate of drug-likeness (QED) is 0.937. The van der Waals surface area contributed by atoms with Gasteiger partial charge < -0.3 is 10.6 Å². The molecule has 1 fully saturated rings. The summed E-state index contributed by atoms with van der Waals surface area (Å²) in [7, 11) is 0. The van der Waals surface area contributed by atoms with E-state index in [0.29, 0.717) is 6.54 Å². The van der Waals surface area contributed by atoms with Crippen LogP contribution < -0.4 is 10.6 Å². The van der Waals surface area contributed by atoms with E-state index >= 15 is 0 Å². The summed E-state index contributed by atoms with van der Waals surface area (Å²) in [4.78, 5) is 12.0. The lowest BCUT2D eigenvalue weighted by molar-refractivity contribution is 0.599. The molecule has 2 aliphatic rings. The fourth-order valence-electron chi connectivity index (χ4n) is 3.16. The van der Waals surface area contributed by atoms with Gasteiger partial charge in [-0.15, -0.1) is 0 Å². The standard InChI is InChI=1S/C17H20N4/c18-11-12-4-1-5-13(10-12)16-14-6-2-7-15(14)19-17(20-16)21-8-3-9-21/h1,4-5,10H,2-3,6-9,11,18H2. The first-order valence-corrected chi connectivity index (χ1v) is 7.79. The highest BCUT2D eigenvalue weighted by molar-refractivity contribution is 5.67. The Morgan fingerprint density at radius 1 is 1.10 bits per heavy atom. The Morgan fingerprint density at radius 2 is 2.00 bits per heavy atom. The molecule has 0 radical (unpaired) electrons. The fraction of sp³-hybridized carbons (Fsp3) is 0.412. The molecular weight excluding hydrogens is 260 g/mol. The van der Waals surface area contributed by atoms with Crippen LogP contribution in [0.3, 0.4) is 0 Å². The minimum Gasteiger partial charge on any atom is -0.341 e. The molecule has 1 aliphatic carbocycles. The zero-order valence-corrected chi connectivity index (χ0v) is 12.2. The molecule has 0 saturated carbocycles. The number of fused-ring (bicyclic) bond motifs is 1. The van der Waals surface area contributed by atoms with Crippen molar-refractivity contribution in [2.75, 3.05) is 18.0 Å². The first-order chi connectivity index (χ1) is 10.3. The van der Waals surface area contributed by atoms with Crippen LogP contribution in [0.4, 0.5) is 5.95 Å². The van der Waals surface area contributed by atoms with Crippen molar-refractivity contribution in [3.05, 3.63) is 41.1 Å². The lowest BCUT2D eigenvalue weighted by Gasteiger charge is -2.31. The number of hydrogen-bond donors (Lipinski definition) is 1. The SMILES string of the molecule is NCc1cccc(-c2nc(N3CCC3)nc3c2CCC3)c1.